The van der Waals surface area contributed by atoms with Crippen LogP contribution < -0.4 is 10.2 Å². The highest BCUT2D eigenvalue weighted by molar-refractivity contribution is 7.80. The molecule has 1 saturated heterocycles. The first kappa shape index (κ1) is 20.6. The number of hydrogen-bond donors (Lipinski definition) is 2. The van der Waals surface area contributed by atoms with Gasteiger partial charge in [-0.2, -0.15) is 0 Å². The van der Waals surface area contributed by atoms with Gasteiger partial charge in [-0.3, -0.25) is 29.9 Å². The number of anilines is 1. The minimum Gasteiger partial charge on any atom is -0.478 e. The van der Waals surface area contributed by atoms with E-state index < -0.39 is 22.7 Å². The number of nitrogens with zero attached hydrogens (tertiary/aromatic N) is 2. The average Bonchev–Trinajstić information content (AvgIpc) is 2.70. The fourth-order valence-electron chi connectivity index (χ4n) is 2.73. The van der Waals surface area contributed by atoms with Gasteiger partial charge in [-0.15, -0.1) is 0 Å². The number of carbonyl (C=O) groups excluding carboxylic acids is 2. The predicted molar refractivity (Wildman–Crippen MR) is 112 cm³/mol. The summed E-state index contributed by atoms with van der Waals surface area (Å²) < 4.78 is 0. The molecule has 1 aliphatic rings. The van der Waals surface area contributed by atoms with Gasteiger partial charge in [0.15, 0.2) is 5.11 Å². The highest BCUT2D eigenvalue weighted by Gasteiger charge is 2.34. The number of rotatable bonds is 5. The van der Waals surface area contributed by atoms with Gasteiger partial charge in [-0.25, -0.2) is 4.79 Å². The fourth-order valence-corrected chi connectivity index (χ4v) is 3.01. The molecule has 1 aliphatic heterocycles. The Morgan fingerprint density at radius 1 is 1.17 bits per heavy atom. The first-order valence-electron chi connectivity index (χ1n) is 8.44. The van der Waals surface area contributed by atoms with E-state index in [0.29, 0.717) is 5.56 Å². The van der Waals surface area contributed by atoms with Crippen molar-refractivity contribution in [3.63, 3.8) is 0 Å². The topological polar surface area (TPSA) is 130 Å². The van der Waals surface area contributed by atoms with E-state index in [9.17, 15) is 24.5 Å². The number of carboxylic acids is 1. The average molecular weight is 423 g/mol. The van der Waals surface area contributed by atoms with E-state index in [1.54, 1.807) is 6.07 Å². The third-order valence-electron chi connectivity index (χ3n) is 4.13. The zero-order chi connectivity index (χ0) is 21.8. The van der Waals surface area contributed by atoms with Crippen LogP contribution in [0, 0.1) is 10.1 Å². The molecule has 0 spiro atoms. The number of nitro groups is 1. The minimum absolute atomic E-state index is 0.0539. The van der Waals surface area contributed by atoms with E-state index in [-0.39, 0.29) is 27.6 Å². The van der Waals surface area contributed by atoms with Gasteiger partial charge in [0.05, 0.1) is 21.7 Å². The van der Waals surface area contributed by atoms with Crippen molar-refractivity contribution in [1.29, 1.82) is 0 Å². The summed E-state index contributed by atoms with van der Waals surface area (Å²) in [5.74, 6) is -2.67. The van der Waals surface area contributed by atoms with E-state index in [4.69, 9.17) is 17.3 Å². The zero-order valence-electron chi connectivity index (χ0n) is 15.1. The molecule has 0 aliphatic carbocycles. The standard InChI is InChI=1S/C20H13N3O6S/c24-17-15(9-4-6-12-5-1-2-10-16(12)23(28)29)18(25)22(20(30)21-17)14-8-3-7-13(11-14)19(26)27/h1-11H,(H,26,27)(H,21,24,30). The largest absolute Gasteiger partial charge is 0.478 e. The molecule has 0 bridgehead atoms. The summed E-state index contributed by atoms with van der Waals surface area (Å²) in [4.78, 5) is 47.8. The lowest BCUT2D eigenvalue weighted by atomic mass is 10.1. The Balaban J connectivity index is 1.94. The fraction of sp³-hybridized carbons (Fsp3) is 0. The van der Waals surface area contributed by atoms with Gasteiger partial charge in [0.2, 0.25) is 0 Å². The van der Waals surface area contributed by atoms with Crippen molar-refractivity contribution >= 4 is 52.6 Å². The van der Waals surface area contributed by atoms with Crippen LogP contribution in [0.25, 0.3) is 6.08 Å². The SMILES string of the molecule is O=C1NC(=S)N(c2cccc(C(=O)O)c2)C(=O)C1=CC=Cc1ccccc1[N+](=O)[O-]. The summed E-state index contributed by atoms with van der Waals surface area (Å²) in [6.07, 6.45) is 3.95. The number of nitrogens with one attached hydrogen (secondary N) is 1. The van der Waals surface area contributed by atoms with Gasteiger partial charge in [-0.1, -0.05) is 24.3 Å². The van der Waals surface area contributed by atoms with Crippen LogP contribution in [0.5, 0.6) is 0 Å². The van der Waals surface area contributed by atoms with Gasteiger partial charge < -0.3 is 5.11 Å². The second kappa shape index (κ2) is 8.45. The van der Waals surface area contributed by atoms with Gasteiger partial charge in [0.1, 0.15) is 5.57 Å². The molecular weight excluding hydrogens is 410 g/mol. The molecule has 150 valence electrons. The monoisotopic (exact) mass is 423 g/mol. The van der Waals surface area contributed by atoms with E-state index in [1.807, 2.05) is 0 Å². The van der Waals surface area contributed by atoms with Crippen LogP contribution >= 0.6 is 12.2 Å². The van der Waals surface area contributed by atoms with Crippen LogP contribution in [0.4, 0.5) is 11.4 Å². The lowest BCUT2D eigenvalue weighted by Gasteiger charge is -2.28. The summed E-state index contributed by atoms with van der Waals surface area (Å²) in [6, 6.07) is 11.5. The Kier molecular flexibility index (Phi) is 5.79. The van der Waals surface area contributed by atoms with Gasteiger partial charge in [-0.05, 0) is 48.6 Å². The van der Waals surface area contributed by atoms with Gasteiger partial charge in [0.25, 0.3) is 17.5 Å². The molecule has 0 atom stereocenters. The Hall–Kier alpha value is -4.18. The van der Waals surface area contributed by atoms with Crippen molar-refractivity contribution in [2.75, 3.05) is 4.90 Å². The summed E-state index contributed by atoms with van der Waals surface area (Å²) in [6.45, 7) is 0. The summed E-state index contributed by atoms with van der Waals surface area (Å²) in [7, 11) is 0. The maximum absolute atomic E-state index is 12.9. The number of hydrogen-bond acceptors (Lipinski definition) is 6. The van der Waals surface area contributed by atoms with Crippen LogP contribution in [-0.4, -0.2) is 32.9 Å². The van der Waals surface area contributed by atoms with Gasteiger partial charge in [0, 0.05) is 6.07 Å². The summed E-state index contributed by atoms with van der Waals surface area (Å²) in [5, 5.41) is 22.4. The molecule has 1 fully saturated rings. The molecule has 2 aromatic rings. The van der Waals surface area contributed by atoms with Crippen molar-refractivity contribution in [1.82, 2.24) is 5.32 Å². The van der Waals surface area contributed by atoms with Crippen molar-refractivity contribution in [3.05, 3.63) is 87.5 Å². The second-order valence-electron chi connectivity index (χ2n) is 6.01. The number of nitro benzene ring substituents is 1. The first-order chi connectivity index (χ1) is 14.3. The summed E-state index contributed by atoms with van der Waals surface area (Å²) in [5.41, 5.74) is 0.0314. The van der Waals surface area contributed by atoms with Crippen LogP contribution in [-0.2, 0) is 9.59 Å². The number of benzene rings is 2. The number of carboxylic acid groups (broad SMARTS) is 1. The molecule has 3 rings (SSSR count). The summed E-state index contributed by atoms with van der Waals surface area (Å²) >= 11 is 5.07. The molecule has 10 heteroatoms. The van der Waals surface area contributed by atoms with Crippen molar-refractivity contribution in [2.24, 2.45) is 0 Å². The van der Waals surface area contributed by atoms with Crippen molar-refractivity contribution in [2.45, 2.75) is 0 Å². The lowest BCUT2D eigenvalue weighted by molar-refractivity contribution is -0.385. The minimum atomic E-state index is -1.18. The number of aromatic carboxylic acids is 1. The molecule has 9 nitrogen and oxygen atoms in total. The molecule has 0 aromatic heterocycles. The second-order valence-corrected chi connectivity index (χ2v) is 6.40. The molecule has 30 heavy (non-hydrogen) atoms. The third-order valence-corrected chi connectivity index (χ3v) is 4.41. The molecule has 0 saturated carbocycles. The van der Waals surface area contributed by atoms with E-state index in [0.717, 1.165) is 4.90 Å². The number of amides is 2. The molecule has 2 aromatic carbocycles. The van der Waals surface area contributed by atoms with E-state index in [1.165, 1.54) is 60.7 Å². The third kappa shape index (κ3) is 4.13. The highest BCUT2D eigenvalue weighted by Crippen LogP contribution is 2.23. The maximum Gasteiger partial charge on any atom is 0.335 e. The van der Waals surface area contributed by atoms with Gasteiger partial charge >= 0.3 is 5.97 Å². The molecule has 2 N–H and O–H groups in total. The van der Waals surface area contributed by atoms with Crippen LogP contribution in [0.2, 0.25) is 0 Å². The molecule has 1 heterocycles. The number of carbonyl (C=O) groups is 3. The highest BCUT2D eigenvalue weighted by atomic mass is 32.1. The Morgan fingerprint density at radius 3 is 2.60 bits per heavy atom. The van der Waals surface area contributed by atoms with Crippen LogP contribution in [0.15, 0.2) is 66.3 Å². The van der Waals surface area contributed by atoms with Crippen molar-refractivity contribution in [3.8, 4) is 0 Å². The quantitative estimate of drug-likeness (QED) is 0.249. The Morgan fingerprint density at radius 2 is 1.90 bits per heavy atom. The maximum atomic E-state index is 12.9. The normalized spacial score (nSPS) is 15.5. The van der Waals surface area contributed by atoms with Crippen LogP contribution in [0.1, 0.15) is 15.9 Å². The number of para-hydroxylation sites is 1. The van der Waals surface area contributed by atoms with E-state index >= 15 is 0 Å². The number of thiocarbonyl (C=S) groups is 1. The molecule has 0 radical (unpaired) electrons. The van der Waals surface area contributed by atoms with E-state index in [2.05, 4.69) is 5.32 Å². The first-order valence-corrected chi connectivity index (χ1v) is 8.85. The predicted octanol–water partition coefficient (Wildman–Crippen LogP) is 2.68. The Labute approximate surface area is 175 Å². The smallest absolute Gasteiger partial charge is 0.335 e. The Bertz CT molecular complexity index is 1150. The van der Waals surface area contributed by atoms with Crippen molar-refractivity contribution < 1.29 is 24.4 Å². The zero-order valence-corrected chi connectivity index (χ0v) is 16.0. The molecular formula is C20H13N3O6S. The van der Waals surface area contributed by atoms with Crippen LogP contribution in [0.3, 0.4) is 0 Å². The molecule has 0 unspecified atom stereocenters. The lowest BCUT2D eigenvalue weighted by Crippen LogP contribution is -2.54. The number of allylic oxidation sites excluding steroid dienone is 2. The molecule has 2 amide bonds.